The fraction of sp³-hybridized carbons (Fsp3) is 0.350. The van der Waals surface area contributed by atoms with Crippen LogP contribution in [0.1, 0.15) is 15.9 Å². The number of benzene rings is 2. The first-order valence-electron chi connectivity index (χ1n) is 8.56. The first-order chi connectivity index (χ1) is 12.1. The molecule has 1 aliphatic heterocycles. The third-order valence-corrected chi connectivity index (χ3v) is 4.65. The summed E-state index contributed by atoms with van der Waals surface area (Å²) in [6.45, 7) is 6.32. The molecule has 2 aromatic rings. The lowest BCUT2D eigenvalue weighted by atomic mass is 10.1. The molecule has 1 heterocycles. The third-order valence-electron chi connectivity index (χ3n) is 4.65. The zero-order valence-corrected chi connectivity index (χ0v) is 15.1. The molecule has 1 amide bonds. The molecule has 0 atom stereocenters. The van der Waals surface area contributed by atoms with Crippen molar-refractivity contribution < 1.29 is 9.53 Å². The molecule has 0 aromatic heterocycles. The zero-order valence-electron chi connectivity index (χ0n) is 15.1. The highest BCUT2D eigenvalue weighted by atomic mass is 16.5. The number of hydrogen-bond donors (Lipinski definition) is 1. The van der Waals surface area contributed by atoms with Crippen LogP contribution in [0.3, 0.4) is 0 Å². The van der Waals surface area contributed by atoms with Gasteiger partial charge in [-0.2, -0.15) is 0 Å². The Kier molecular flexibility index (Phi) is 5.24. The summed E-state index contributed by atoms with van der Waals surface area (Å²) < 4.78 is 5.12. The summed E-state index contributed by atoms with van der Waals surface area (Å²) >= 11 is 0. The number of nitrogens with one attached hydrogen (secondary N) is 1. The molecule has 0 aliphatic carbocycles. The Bertz CT molecular complexity index is 735. The number of ether oxygens (including phenoxy) is 1. The van der Waals surface area contributed by atoms with Crippen molar-refractivity contribution in [1.82, 2.24) is 4.90 Å². The molecule has 1 fully saturated rings. The van der Waals surface area contributed by atoms with E-state index in [9.17, 15) is 4.79 Å². The summed E-state index contributed by atoms with van der Waals surface area (Å²) in [4.78, 5) is 17.1. The lowest BCUT2D eigenvalue weighted by molar-refractivity contribution is 0.102. The summed E-state index contributed by atoms with van der Waals surface area (Å²) in [5, 5.41) is 2.97. The monoisotopic (exact) mass is 339 g/mol. The summed E-state index contributed by atoms with van der Waals surface area (Å²) in [6, 6.07) is 13.2. The minimum absolute atomic E-state index is 0.116. The summed E-state index contributed by atoms with van der Waals surface area (Å²) in [5.41, 5.74) is 3.85. The fourth-order valence-corrected chi connectivity index (χ4v) is 3.08. The van der Waals surface area contributed by atoms with Gasteiger partial charge >= 0.3 is 0 Å². The molecule has 5 heteroatoms. The van der Waals surface area contributed by atoms with Gasteiger partial charge in [0.25, 0.3) is 5.91 Å². The first kappa shape index (κ1) is 17.3. The number of hydrogen-bond acceptors (Lipinski definition) is 4. The molecule has 0 radical (unpaired) electrons. The van der Waals surface area contributed by atoms with Crippen LogP contribution in [0, 0.1) is 6.92 Å². The molecule has 0 unspecified atom stereocenters. The van der Waals surface area contributed by atoms with E-state index in [2.05, 4.69) is 35.2 Å². The van der Waals surface area contributed by atoms with Gasteiger partial charge < -0.3 is 19.9 Å². The van der Waals surface area contributed by atoms with E-state index in [0.717, 1.165) is 37.6 Å². The highest BCUT2D eigenvalue weighted by molar-refractivity contribution is 6.04. The lowest BCUT2D eigenvalue weighted by Gasteiger charge is -2.35. The van der Waals surface area contributed by atoms with E-state index in [1.807, 2.05) is 12.1 Å². The maximum Gasteiger partial charge on any atom is 0.255 e. The van der Waals surface area contributed by atoms with Gasteiger partial charge in [-0.15, -0.1) is 0 Å². The minimum atomic E-state index is -0.116. The van der Waals surface area contributed by atoms with Crippen molar-refractivity contribution in [1.29, 1.82) is 0 Å². The molecular weight excluding hydrogens is 314 g/mol. The van der Waals surface area contributed by atoms with E-state index < -0.39 is 0 Å². The van der Waals surface area contributed by atoms with Gasteiger partial charge in [0.2, 0.25) is 0 Å². The van der Waals surface area contributed by atoms with Gasteiger partial charge in [0.15, 0.2) is 0 Å². The Morgan fingerprint density at radius 3 is 2.32 bits per heavy atom. The lowest BCUT2D eigenvalue weighted by Crippen LogP contribution is -2.44. The molecule has 0 saturated carbocycles. The second kappa shape index (κ2) is 7.57. The molecular formula is C20H25N3O2. The smallest absolute Gasteiger partial charge is 0.255 e. The van der Waals surface area contributed by atoms with Crippen molar-refractivity contribution in [3.63, 3.8) is 0 Å². The SMILES string of the molecule is COc1ccc(C(=O)Nc2ccc(N3CCN(C)CC3)c(C)c2)cc1. The second-order valence-electron chi connectivity index (χ2n) is 6.47. The normalized spacial score (nSPS) is 15.1. The quantitative estimate of drug-likeness (QED) is 0.930. The van der Waals surface area contributed by atoms with Crippen LogP contribution < -0.4 is 15.0 Å². The molecule has 25 heavy (non-hydrogen) atoms. The van der Waals surface area contributed by atoms with Crippen LogP contribution in [0.15, 0.2) is 42.5 Å². The van der Waals surface area contributed by atoms with Gasteiger partial charge in [-0.3, -0.25) is 4.79 Å². The number of amides is 1. The number of aryl methyl sites for hydroxylation is 1. The maximum absolute atomic E-state index is 12.4. The summed E-state index contributed by atoms with van der Waals surface area (Å²) in [7, 11) is 3.77. The van der Waals surface area contributed by atoms with Gasteiger partial charge in [-0.05, 0) is 62.0 Å². The van der Waals surface area contributed by atoms with Crippen molar-refractivity contribution in [2.24, 2.45) is 0 Å². The van der Waals surface area contributed by atoms with Crippen LogP contribution in [-0.2, 0) is 0 Å². The minimum Gasteiger partial charge on any atom is -0.497 e. The Hall–Kier alpha value is -2.53. The maximum atomic E-state index is 12.4. The first-order valence-corrected chi connectivity index (χ1v) is 8.56. The second-order valence-corrected chi connectivity index (χ2v) is 6.47. The van der Waals surface area contributed by atoms with E-state index >= 15 is 0 Å². The van der Waals surface area contributed by atoms with Crippen molar-refractivity contribution in [3.8, 4) is 5.75 Å². The van der Waals surface area contributed by atoms with Gasteiger partial charge in [-0.25, -0.2) is 0 Å². The highest BCUT2D eigenvalue weighted by Crippen LogP contribution is 2.25. The Morgan fingerprint density at radius 2 is 1.72 bits per heavy atom. The van der Waals surface area contributed by atoms with Crippen LogP contribution in [0.5, 0.6) is 5.75 Å². The van der Waals surface area contributed by atoms with Crippen LogP contribution >= 0.6 is 0 Å². The van der Waals surface area contributed by atoms with Crippen molar-refractivity contribution in [2.75, 3.05) is 50.6 Å². The molecule has 132 valence electrons. The van der Waals surface area contributed by atoms with E-state index in [-0.39, 0.29) is 5.91 Å². The van der Waals surface area contributed by atoms with Crippen molar-refractivity contribution in [2.45, 2.75) is 6.92 Å². The summed E-state index contributed by atoms with van der Waals surface area (Å²) in [6.07, 6.45) is 0. The van der Waals surface area contributed by atoms with Crippen LogP contribution in [-0.4, -0.2) is 51.1 Å². The molecule has 1 N–H and O–H groups in total. The van der Waals surface area contributed by atoms with Gasteiger partial charge in [0, 0.05) is 43.1 Å². The predicted molar refractivity (Wildman–Crippen MR) is 102 cm³/mol. The fourth-order valence-electron chi connectivity index (χ4n) is 3.08. The van der Waals surface area contributed by atoms with E-state index in [1.54, 1.807) is 31.4 Å². The third kappa shape index (κ3) is 4.12. The summed E-state index contributed by atoms with van der Waals surface area (Å²) in [5.74, 6) is 0.623. The average molecular weight is 339 g/mol. The predicted octanol–water partition coefficient (Wildman–Crippen LogP) is 3.01. The number of piperazine rings is 1. The molecule has 5 nitrogen and oxygen atoms in total. The Labute approximate surface area is 149 Å². The Balaban J connectivity index is 1.68. The number of carbonyl (C=O) groups is 1. The van der Waals surface area contributed by atoms with Gasteiger partial charge in [0.05, 0.1) is 7.11 Å². The Morgan fingerprint density at radius 1 is 1.04 bits per heavy atom. The average Bonchev–Trinajstić information content (AvgIpc) is 2.63. The molecule has 0 bridgehead atoms. The van der Waals surface area contributed by atoms with Crippen molar-refractivity contribution in [3.05, 3.63) is 53.6 Å². The number of likely N-dealkylation sites (N-methyl/N-ethyl adjacent to an activating group) is 1. The number of carbonyl (C=O) groups excluding carboxylic acids is 1. The molecule has 1 aliphatic rings. The largest absolute Gasteiger partial charge is 0.497 e. The number of methoxy groups -OCH3 is 1. The zero-order chi connectivity index (χ0) is 17.8. The van der Waals surface area contributed by atoms with E-state index in [1.165, 1.54) is 11.3 Å². The topological polar surface area (TPSA) is 44.8 Å². The van der Waals surface area contributed by atoms with Crippen molar-refractivity contribution >= 4 is 17.3 Å². The molecule has 1 saturated heterocycles. The van der Waals surface area contributed by atoms with Gasteiger partial charge in [-0.1, -0.05) is 0 Å². The molecule has 3 rings (SSSR count). The highest BCUT2D eigenvalue weighted by Gasteiger charge is 2.16. The van der Waals surface area contributed by atoms with Crippen LogP contribution in [0.2, 0.25) is 0 Å². The van der Waals surface area contributed by atoms with E-state index in [0.29, 0.717) is 5.56 Å². The van der Waals surface area contributed by atoms with E-state index in [4.69, 9.17) is 4.74 Å². The molecule has 0 spiro atoms. The standard InChI is InChI=1S/C20H25N3O2/c1-15-14-17(6-9-19(15)23-12-10-22(2)11-13-23)21-20(24)16-4-7-18(25-3)8-5-16/h4-9,14H,10-13H2,1-3H3,(H,21,24). The molecule has 2 aromatic carbocycles. The van der Waals surface area contributed by atoms with Crippen LogP contribution in [0.4, 0.5) is 11.4 Å². The number of rotatable bonds is 4. The number of nitrogens with zero attached hydrogens (tertiary/aromatic N) is 2. The van der Waals surface area contributed by atoms with Gasteiger partial charge in [0.1, 0.15) is 5.75 Å². The number of anilines is 2. The van der Waals surface area contributed by atoms with Crippen LogP contribution in [0.25, 0.3) is 0 Å².